The Labute approximate surface area is 112 Å². The largest absolute Gasteiger partial charge is 0.494 e. The molecule has 0 fully saturated rings. The molecule has 1 atom stereocenters. The van der Waals surface area contributed by atoms with E-state index in [1.165, 1.54) is 18.4 Å². The Morgan fingerprint density at radius 1 is 1.06 bits per heavy atom. The predicted molar refractivity (Wildman–Crippen MR) is 78.1 cm³/mol. The highest BCUT2D eigenvalue weighted by Crippen LogP contribution is 2.18. The van der Waals surface area contributed by atoms with Crippen LogP contribution in [-0.4, -0.2) is 13.2 Å². The van der Waals surface area contributed by atoms with Gasteiger partial charge in [0.2, 0.25) is 0 Å². The highest BCUT2D eigenvalue weighted by Gasteiger charge is 2.08. The standard InChI is InChI=1S/C16H27NO/c1-5-14(6-2)12-17-13(4)15-8-10-16(11-9-15)18-7-3/h8-11,13-14,17H,5-7,12H2,1-4H3. The number of rotatable bonds is 8. The third-order valence-corrected chi connectivity index (χ3v) is 3.56. The van der Waals surface area contributed by atoms with Gasteiger partial charge < -0.3 is 10.1 Å². The average molecular weight is 249 g/mol. The van der Waals surface area contributed by atoms with E-state index >= 15 is 0 Å². The van der Waals surface area contributed by atoms with Crippen molar-refractivity contribution in [3.8, 4) is 5.75 Å². The zero-order chi connectivity index (χ0) is 13.4. The third-order valence-electron chi connectivity index (χ3n) is 3.56. The van der Waals surface area contributed by atoms with Crippen molar-refractivity contribution in [2.45, 2.75) is 46.6 Å². The van der Waals surface area contributed by atoms with E-state index in [-0.39, 0.29) is 0 Å². The van der Waals surface area contributed by atoms with Crippen molar-refractivity contribution < 1.29 is 4.74 Å². The number of ether oxygens (including phenoxy) is 1. The molecule has 0 amide bonds. The summed E-state index contributed by atoms with van der Waals surface area (Å²) in [7, 11) is 0. The minimum Gasteiger partial charge on any atom is -0.494 e. The van der Waals surface area contributed by atoms with Crippen LogP contribution in [0.1, 0.15) is 52.1 Å². The highest BCUT2D eigenvalue weighted by molar-refractivity contribution is 5.28. The molecular weight excluding hydrogens is 222 g/mol. The van der Waals surface area contributed by atoms with Gasteiger partial charge in [-0.1, -0.05) is 38.8 Å². The van der Waals surface area contributed by atoms with Crippen molar-refractivity contribution in [1.29, 1.82) is 0 Å². The average Bonchev–Trinajstić information content (AvgIpc) is 2.41. The van der Waals surface area contributed by atoms with Gasteiger partial charge in [-0.25, -0.2) is 0 Å². The van der Waals surface area contributed by atoms with E-state index in [1.54, 1.807) is 0 Å². The molecule has 1 aromatic rings. The van der Waals surface area contributed by atoms with Gasteiger partial charge in [0.05, 0.1) is 6.61 Å². The second-order valence-electron chi connectivity index (χ2n) is 4.81. The van der Waals surface area contributed by atoms with Gasteiger partial charge in [0, 0.05) is 6.04 Å². The molecule has 0 aliphatic heterocycles. The fourth-order valence-electron chi connectivity index (χ4n) is 2.06. The van der Waals surface area contributed by atoms with Crippen LogP contribution in [0.5, 0.6) is 5.75 Å². The number of nitrogens with one attached hydrogen (secondary N) is 1. The SMILES string of the molecule is CCOc1ccc(C(C)NCC(CC)CC)cc1. The first-order valence-electron chi connectivity index (χ1n) is 7.17. The maximum absolute atomic E-state index is 5.45. The fourth-order valence-corrected chi connectivity index (χ4v) is 2.06. The lowest BCUT2D eigenvalue weighted by Gasteiger charge is -2.19. The van der Waals surface area contributed by atoms with Crippen LogP contribution in [0.2, 0.25) is 0 Å². The molecule has 0 saturated carbocycles. The first-order valence-corrected chi connectivity index (χ1v) is 7.17. The number of hydrogen-bond acceptors (Lipinski definition) is 2. The second kappa shape index (κ2) is 8.15. The van der Waals surface area contributed by atoms with Crippen molar-refractivity contribution in [3.63, 3.8) is 0 Å². The lowest BCUT2D eigenvalue weighted by Crippen LogP contribution is -2.25. The molecule has 2 nitrogen and oxygen atoms in total. The summed E-state index contributed by atoms with van der Waals surface area (Å²) in [6, 6.07) is 8.80. The Kier molecular flexibility index (Phi) is 6.81. The van der Waals surface area contributed by atoms with Crippen LogP contribution < -0.4 is 10.1 Å². The molecule has 102 valence electrons. The zero-order valence-electron chi connectivity index (χ0n) is 12.2. The minimum atomic E-state index is 0.404. The molecular formula is C16H27NO. The van der Waals surface area contributed by atoms with Gasteiger partial charge in [-0.3, -0.25) is 0 Å². The molecule has 0 radical (unpaired) electrons. The summed E-state index contributed by atoms with van der Waals surface area (Å²) in [6.07, 6.45) is 2.50. The Hall–Kier alpha value is -1.02. The molecule has 0 aliphatic carbocycles. The van der Waals surface area contributed by atoms with Crippen LogP contribution in [0.25, 0.3) is 0 Å². The molecule has 0 aliphatic rings. The Morgan fingerprint density at radius 2 is 1.67 bits per heavy atom. The first kappa shape index (κ1) is 15.0. The molecule has 0 spiro atoms. The Morgan fingerprint density at radius 3 is 2.17 bits per heavy atom. The molecule has 0 saturated heterocycles. The molecule has 1 rings (SSSR count). The zero-order valence-corrected chi connectivity index (χ0v) is 12.2. The van der Waals surface area contributed by atoms with Crippen LogP contribution in [0, 0.1) is 5.92 Å². The summed E-state index contributed by atoms with van der Waals surface area (Å²) in [4.78, 5) is 0. The summed E-state index contributed by atoms with van der Waals surface area (Å²) in [5, 5.41) is 3.61. The lowest BCUT2D eigenvalue weighted by atomic mass is 10.0. The summed E-state index contributed by atoms with van der Waals surface area (Å²) in [5.74, 6) is 1.74. The molecule has 1 unspecified atom stereocenters. The molecule has 0 bridgehead atoms. The minimum absolute atomic E-state index is 0.404. The number of hydrogen-bond donors (Lipinski definition) is 1. The Bertz CT molecular complexity index is 316. The van der Waals surface area contributed by atoms with Gasteiger partial charge in [-0.2, -0.15) is 0 Å². The third kappa shape index (κ3) is 4.69. The first-order chi connectivity index (χ1) is 8.71. The molecule has 0 heterocycles. The van der Waals surface area contributed by atoms with E-state index in [0.29, 0.717) is 6.04 Å². The monoisotopic (exact) mass is 249 g/mol. The fraction of sp³-hybridized carbons (Fsp3) is 0.625. The van der Waals surface area contributed by atoms with Crippen LogP contribution in [-0.2, 0) is 0 Å². The van der Waals surface area contributed by atoms with Crippen molar-refractivity contribution in [2.24, 2.45) is 5.92 Å². The summed E-state index contributed by atoms with van der Waals surface area (Å²) < 4.78 is 5.45. The van der Waals surface area contributed by atoms with Crippen LogP contribution in [0.3, 0.4) is 0 Å². The molecule has 0 aromatic heterocycles. The van der Waals surface area contributed by atoms with Gasteiger partial charge in [0.25, 0.3) is 0 Å². The van der Waals surface area contributed by atoms with Gasteiger partial charge in [0.15, 0.2) is 0 Å². The van der Waals surface area contributed by atoms with Crippen molar-refractivity contribution >= 4 is 0 Å². The lowest BCUT2D eigenvalue weighted by molar-refractivity contribution is 0.340. The van der Waals surface area contributed by atoms with Crippen LogP contribution >= 0.6 is 0 Å². The molecule has 18 heavy (non-hydrogen) atoms. The quantitative estimate of drug-likeness (QED) is 0.746. The van der Waals surface area contributed by atoms with Crippen LogP contribution in [0.15, 0.2) is 24.3 Å². The maximum Gasteiger partial charge on any atom is 0.119 e. The van der Waals surface area contributed by atoms with E-state index in [2.05, 4.69) is 38.2 Å². The Balaban J connectivity index is 2.48. The van der Waals surface area contributed by atoms with Crippen molar-refractivity contribution in [1.82, 2.24) is 5.32 Å². The maximum atomic E-state index is 5.45. The summed E-state index contributed by atoms with van der Waals surface area (Å²) in [5.41, 5.74) is 1.32. The summed E-state index contributed by atoms with van der Waals surface area (Å²) in [6.45, 7) is 10.6. The predicted octanol–water partition coefficient (Wildman–Crippen LogP) is 4.17. The topological polar surface area (TPSA) is 21.3 Å². The molecule has 1 aromatic carbocycles. The van der Waals surface area contributed by atoms with E-state index in [0.717, 1.165) is 24.8 Å². The van der Waals surface area contributed by atoms with Crippen molar-refractivity contribution in [2.75, 3.05) is 13.2 Å². The highest BCUT2D eigenvalue weighted by atomic mass is 16.5. The van der Waals surface area contributed by atoms with E-state index in [9.17, 15) is 0 Å². The van der Waals surface area contributed by atoms with Gasteiger partial charge >= 0.3 is 0 Å². The van der Waals surface area contributed by atoms with Gasteiger partial charge in [0.1, 0.15) is 5.75 Å². The smallest absolute Gasteiger partial charge is 0.119 e. The van der Waals surface area contributed by atoms with E-state index in [1.807, 2.05) is 19.1 Å². The van der Waals surface area contributed by atoms with Gasteiger partial charge in [-0.15, -0.1) is 0 Å². The second-order valence-corrected chi connectivity index (χ2v) is 4.81. The number of benzene rings is 1. The molecule has 1 N–H and O–H groups in total. The molecule has 2 heteroatoms. The van der Waals surface area contributed by atoms with Gasteiger partial charge in [-0.05, 0) is 44.0 Å². The van der Waals surface area contributed by atoms with E-state index in [4.69, 9.17) is 4.74 Å². The summed E-state index contributed by atoms with van der Waals surface area (Å²) >= 11 is 0. The van der Waals surface area contributed by atoms with Crippen LogP contribution in [0.4, 0.5) is 0 Å². The van der Waals surface area contributed by atoms with E-state index < -0.39 is 0 Å². The van der Waals surface area contributed by atoms with Crippen molar-refractivity contribution in [3.05, 3.63) is 29.8 Å². The normalized spacial score (nSPS) is 12.7.